The number of hydrogen-bond donors (Lipinski definition) is 1. The molecule has 29 heavy (non-hydrogen) atoms. The molecule has 0 atom stereocenters. The molecule has 9 heteroatoms. The molecule has 0 bridgehead atoms. The minimum Gasteiger partial charge on any atom is -0.493 e. The van der Waals surface area contributed by atoms with Crippen molar-refractivity contribution < 1.29 is 19.0 Å². The molecule has 0 radical (unpaired) electrons. The zero-order valence-electron chi connectivity index (χ0n) is 16.3. The summed E-state index contributed by atoms with van der Waals surface area (Å²) in [6, 6.07) is 3.61. The third-order valence-corrected chi connectivity index (χ3v) is 6.06. The number of thiophene rings is 1. The number of fused-ring (bicyclic) bond motifs is 1. The van der Waals surface area contributed by atoms with E-state index in [0.717, 1.165) is 21.4 Å². The molecule has 0 amide bonds. The van der Waals surface area contributed by atoms with Gasteiger partial charge < -0.3 is 19.2 Å². The Morgan fingerprint density at radius 2 is 1.93 bits per heavy atom. The summed E-state index contributed by atoms with van der Waals surface area (Å²) >= 11 is 4.64. The van der Waals surface area contributed by atoms with Crippen molar-refractivity contribution in [2.24, 2.45) is 0 Å². The van der Waals surface area contributed by atoms with Gasteiger partial charge in [0.1, 0.15) is 15.5 Å². The zero-order valence-corrected chi connectivity index (χ0v) is 18.7. The Hall–Kier alpha value is -2.65. The lowest BCUT2D eigenvalue weighted by Crippen LogP contribution is -2.10. The van der Waals surface area contributed by atoms with Crippen molar-refractivity contribution in [3.8, 4) is 11.5 Å². The van der Waals surface area contributed by atoms with Gasteiger partial charge in [-0.25, -0.2) is 9.78 Å². The number of nitrogens with zero attached hydrogens (tertiary/aromatic N) is 1. The third-order valence-electron chi connectivity index (χ3n) is 4.20. The van der Waals surface area contributed by atoms with Crippen molar-refractivity contribution in [2.75, 3.05) is 20.8 Å². The topological polar surface area (TPSA) is 90.5 Å². The normalized spacial score (nSPS) is 11.2. The van der Waals surface area contributed by atoms with Crippen LogP contribution in [-0.2, 0) is 4.74 Å². The van der Waals surface area contributed by atoms with Crippen LogP contribution in [0.1, 0.15) is 33.5 Å². The van der Waals surface area contributed by atoms with E-state index < -0.39 is 5.97 Å². The molecule has 3 aromatic rings. The highest BCUT2D eigenvalue weighted by atomic mass is 79.9. The van der Waals surface area contributed by atoms with Crippen LogP contribution in [0.15, 0.2) is 21.4 Å². The number of esters is 1. The fraction of sp³-hybridized carbons (Fsp3) is 0.250. The molecule has 0 saturated carbocycles. The standard InChI is InChI=1S/C20H19BrN2O5S/c1-5-28-20(25)17-10(2)16-18(24)22-15(23-19(16)29-17)7-6-11-8-13(26-3)14(27-4)9-12(11)21/h6-9H,5H2,1-4H3,(H,22,23,24)/b7-6+. The molecule has 1 aromatic carbocycles. The molecule has 0 fully saturated rings. The number of H-pyrrole nitrogens is 1. The van der Waals surface area contributed by atoms with E-state index in [-0.39, 0.29) is 12.2 Å². The maximum Gasteiger partial charge on any atom is 0.348 e. The Morgan fingerprint density at radius 3 is 2.59 bits per heavy atom. The maximum absolute atomic E-state index is 12.6. The lowest BCUT2D eigenvalue weighted by Gasteiger charge is -2.09. The summed E-state index contributed by atoms with van der Waals surface area (Å²) in [5.41, 5.74) is 1.10. The summed E-state index contributed by atoms with van der Waals surface area (Å²) in [7, 11) is 3.13. The monoisotopic (exact) mass is 478 g/mol. The average Bonchev–Trinajstić information content (AvgIpc) is 3.04. The van der Waals surface area contributed by atoms with Crippen molar-refractivity contribution in [3.63, 3.8) is 0 Å². The van der Waals surface area contributed by atoms with E-state index in [4.69, 9.17) is 14.2 Å². The number of aromatic amines is 1. The second kappa shape index (κ2) is 8.79. The first kappa shape index (κ1) is 21.1. The van der Waals surface area contributed by atoms with E-state index >= 15 is 0 Å². The molecule has 0 saturated heterocycles. The quantitative estimate of drug-likeness (QED) is 0.527. The highest BCUT2D eigenvalue weighted by Crippen LogP contribution is 2.34. The zero-order chi connectivity index (χ0) is 21.1. The van der Waals surface area contributed by atoms with Crippen LogP contribution in [-0.4, -0.2) is 36.8 Å². The minimum absolute atomic E-state index is 0.268. The van der Waals surface area contributed by atoms with E-state index in [2.05, 4.69) is 25.9 Å². The molecule has 0 unspecified atom stereocenters. The van der Waals surface area contributed by atoms with Crippen LogP contribution in [0.25, 0.3) is 22.4 Å². The van der Waals surface area contributed by atoms with E-state index in [9.17, 15) is 9.59 Å². The molecule has 7 nitrogen and oxygen atoms in total. The number of hydrogen-bond acceptors (Lipinski definition) is 7. The van der Waals surface area contributed by atoms with Gasteiger partial charge in [-0.15, -0.1) is 11.3 Å². The summed E-state index contributed by atoms with van der Waals surface area (Å²) in [6.07, 6.45) is 3.48. The molecule has 1 N–H and O–H groups in total. The fourth-order valence-electron chi connectivity index (χ4n) is 2.80. The molecule has 0 aliphatic heterocycles. The highest BCUT2D eigenvalue weighted by molar-refractivity contribution is 9.10. The van der Waals surface area contributed by atoms with Crippen LogP contribution >= 0.6 is 27.3 Å². The fourth-order valence-corrected chi connectivity index (χ4v) is 4.33. The predicted molar refractivity (Wildman–Crippen MR) is 117 cm³/mol. The Bertz CT molecular complexity index is 1170. The Morgan fingerprint density at radius 1 is 1.24 bits per heavy atom. The number of aryl methyl sites for hydroxylation is 1. The van der Waals surface area contributed by atoms with Gasteiger partial charge in [-0.3, -0.25) is 4.79 Å². The van der Waals surface area contributed by atoms with Crippen molar-refractivity contribution >= 4 is 55.6 Å². The number of aromatic nitrogens is 2. The van der Waals surface area contributed by atoms with Crippen molar-refractivity contribution in [2.45, 2.75) is 13.8 Å². The van der Waals surface area contributed by atoms with Gasteiger partial charge in [0.2, 0.25) is 0 Å². The molecule has 0 aliphatic rings. The van der Waals surface area contributed by atoms with Gasteiger partial charge >= 0.3 is 5.97 Å². The van der Waals surface area contributed by atoms with Gasteiger partial charge in [0.15, 0.2) is 11.5 Å². The second-order valence-electron chi connectivity index (χ2n) is 5.97. The number of ether oxygens (including phenoxy) is 3. The molecule has 152 valence electrons. The van der Waals surface area contributed by atoms with Crippen molar-refractivity contribution in [1.82, 2.24) is 9.97 Å². The smallest absolute Gasteiger partial charge is 0.348 e. The number of benzene rings is 1. The van der Waals surface area contributed by atoms with Gasteiger partial charge in [0.05, 0.1) is 26.2 Å². The van der Waals surface area contributed by atoms with Crippen LogP contribution in [0.5, 0.6) is 11.5 Å². The van der Waals surface area contributed by atoms with Crippen LogP contribution in [0.3, 0.4) is 0 Å². The van der Waals surface area contributed by atoms with Crippen LogP contribution in [0, 0.1) is 6.92 Å². The molecular formula is C20H19BrN2O5S. The van der Waals surface area contributed by atoms with E-state index in [0.29, 0.717) is 38.0 Å². The first-order valence-corrected chi connectivity index (χ1v) is 10.3. The molecule has 2 heterocycles. The van der Waals surface area contributed by atoms with Crippen LogP contribution < -0.4 is 15.0 Å². The van der Waals surface area contributed by atoms with Crippen molar-refractivity contribution in [3.05, 3.63) is 48.8 Å². The SMILES string of the molecule is CCOC(=O)c1sc2nc(/C=C/c3cc(OC)c(OC)cc3Br)[nH]c(=O)c2c1C. The summed E-state index contributed by atoms with van der Waals surface area (Å²) in [4.78, 5) is 32.8. The number of nitrogens with one attached hydrogen (secondary N) is 1. The first-order valence-electron chi connectivity index (χ1n) is 8.69. The molecule has 0 aliphatic carbocycles. The average molecular weight is 479 g/mol. The summed E-state index contributed by atoms with van der Waals surface area (Å²) in [5, 5.41) is 0.405. The number of carbonyl (C=O) groups excluding carboxylic acids is 1. The van der Waals surface area contributed by atoms with Gasteiger partial charge in [-0.1, -0.05) is 22.0 Å². The summed E-state index contributed by atoms with van der Waals surface area (Å²) in [6.45, 7) is 3.73. The van der Waals surface area contributed by atoms with Gasteiger partial charge in [-0.2, -0.15) is 0 Å². The van der Waals surface area contributed by atoms with Gasteiger partial charge in [-0.05, 0) is 43.2 Å². The van der Waals surface area contributed by atoms with Crippen LogP contribution in [0.4, 0.5) is 0 Å². The Balaban J connectivity index is 2.01. The number of rotatable bonds is 6. The maximum atomic E-state index is 12.6. The largest absolute Gasteiger partial charge is 0.493 e. The van der Waals surface area contributed by atoms with Crippen LogP contribution in [0.2, 0.25) is 0 Å². The van der Waals surface area contributed by atoms with E-state index in [1.165, 1.54) is 0 Å². The number of carbonyl (C=O) groups is 1. The van der Waals surface area contributed by atoms with Gasteiger partial charge in [0, 0.05) is 4.47 Å². The molecule has 0 spiro atoms. The second-order valence-corrected chi connectivity index (χ2v) is 7.82. The summed E-state index contributed by atoms with van der Waals surface area (Å²) in [5.74, 6) is 1.12. The summed E-state index contributed by atoms with van der Waals surface area (Å²) < 4.78 is 16.5. The molecule has 2 aromatic heterocycles. The van der Waals surface area contributed by atoms with Crippen molar-refractivity contribution in [1.29, 1.82) is 0 Å². The lowest BCUT2D eigenvalue weighted by molar-refractivity contribution is 0.0531. The molecular weight excluding hydrogens is 460 g/mol. The lowest BCUT2D eigenvalue weighted by atomic mass is 10.2. The minimum atomic E-state index is -0.446. The Kier molecular flexibility index (Phi) is 6.39. The molecule has 3 rings (SSSR count). The third kappa shape index (κ3) is 4.20. The Labute approximate surface area is 179 Å². The number of halogens is 1. The van der Waals surface area contributed by atoms with Gasteiger partial charge in [0.25, 0.3) is 5.56 Å². The highest BCUT2D eigenvalue weighted by Gasteiger charge is 2.19. The predicted octanol–water partition coefficient (Wildman–Crippen LogP) is 4.42. The van der Waals surface area contributed by atoms with E-state index in [1.54, 1.807) is 46.3 Å². The number of methoxy groups -OCH3 is 2. The van der Waals surface area contributed by atoms with E-state index in [1.807, 2.05) is 6.07 Å². The first-order chi connectivity index (χ1) is 13.9.